The summed E-state index contributed by atoms with van der Waals surface area (Å²) >= 11 is 7.16. The summed E-state index contributed by atoms with van der Waals surface area (Å²) in [6.45, 7) is 2.61. The van der Waals surface area contributed by atoms with Crippen molar-refractivity contribution in [2.75, 3.05) is 13.7 Å². The molecular weight excluding hydrogens is 388 g/mol. The molecule has 27 heavy (non-hydrogen) atoms. The minimum absolute atomic E-state index is 0.169. The van der Waals surface area contributed by atoms with E-state index in [0.29, 0.717) is 39.3 Å². The van der Waals surface area contributed by atoms with E-state index in [1.165, 1.54) is 18.4 Å². The van der Waals surface area contributed by atoms with Crippen molar-refractivity contribution in [3.8, 4) is 5.75 Å². The number of likely N-dealkylation sites (tertiary alicyclic amines) is 1. The molecule has 0 bridgehead atoms. The number of methoxy groups -OCH3 is 1. The van der Waals surface area contributed by atoms with Crippen LogP contribution in [-0.4, -0.2) is 41.5 Å². The van der Waals surface area contributed by atoms with E-state index in [-0.39, 0.29) is 18.5 Å². The molecule has 1 aliphatic heterocycles. The first-order valence-corrected chi connectivity index (χ1v) is 9.92. The van der Waals surface area contributed by atoms with E-state index in [2.05, 4.69) is 4.98 Å². The highest BCUT2D eigenvalue weighted by molar-refractivity contribution is 7.13. The SMILES string of the molecule is COC(=O)C1CCCCN1C(=O)c1sc(COc2ccc(Cl)cc2)nc1C. The number of benzene rings is 1. The molecule has 6 nitrogen and oxygen atoms in total. The van der Waals surface area contributed by atoms with E-state index in [1.807, 2.05) is 0 Å². The van der Waals surface area contributed by atoms with Gasteiger partial charge in [-0.3, -0.25) is 4.79 Å². The Bertz CT molecular complexity index is 822. The van der Waals surface area contributed by atoms with Crippen molar-refractivity contribution in [2.45, 2.75) is 38.8 Å². The van der Waals surface area contributed by atoms with Gasteiger partial charge in [0.25, 0.3) is 5.91 Å². The maximum atomic E-state index is 13.0. The molecule has 1 unspecified atom stereocenters. The van der Waals surface area contributed by atoms with Crippen molar-refractivity contribution in [3.63, 3.8) is 0 Å². The molecule has 0 N–H and O–H groups in total. The Hall–Kier alpha value is -2.12. The second-order valence-electron chi connectivity index (χ2n) is 6.30. The summed E-state index contributed by atoms with van der Waals surface area (Å²) in [5.41, 5.74) is 0.647. The van der Waals surface area contributed by atoms with Crippen molar-refractivity contribution in [3.05, 3.63) is 44.9 Å². The Kier molecular flexibility index (Phi) is 6.34. The van der Waals surface area contributed by atoms with Gasteiger partial charge >= 0.3 is 5.97 Å². The number of esters is 1. The molecule has 0 aliphatic carbocycles. The average molecular weight is 409 g/mol. The molecule has 3 rings (SSSR count). The first-order chi connectivity index (χ1) is 13.0. The molecule has 0 saturated carbocycles. The van der Waals surface area contributed by atoms with E-state index in [4.69, 9.17) is 21.1 Å². The Morgan fingerprint density at radius 2 is 2.04 bits per heavy atom. The third-order valence-corrected chi connectivity index (χ3v) is 5.82. The van der Waals surface area contributed by atoms with Gasteiger partial charge in [-0.15, -0.1) is 11.3 Å². The van der Waals surface area contributed by atoms with Crippen LogP contribution in [0.4, 0.5) is 0 Å². The number of hydrogen-bond acceptors (Lipinski definition) is 6. The van der Waals surface area contributed by atoms with Crippen LogP contribution in [0.2, 0.25) is 5.02 Å². The zero-order chi connectivity index (χ0) is 19.4. The van der Waals surface area contributed by atoms with Crippen LogP contribution < -0.4 is 4.74 Å². The normalized spacial score (nSPS) is 16.9. The molecule has 0 radical (unpaired) electrons. The number of nitrogens with zero attached hydrogens (tertiary/aromatic N) is 2. The lowest BCUT2D eigenvalue weighted by Gasteiger charge is -2.33. The Balaban J connectivity index is 1.71. The zero-order valence-corrected chi connectivity index (χ0v) is 16.8. The Labute approximate surface area is 167 Å². The van der Waals surface area contributed by atoms with Gasteiger partial charge in [-0.05, 0) is 50.5 Å². The summed E-state index contributed by atoms with van der Waals surface area (Å²) in [5, 5.41) is 1.35. The third-order valence-electron chi connectivity index (χ3n) is 4.45. The first kappa shape index (κ1) is 19.6. The van der Waals surface area contributed by atoms with Gasteiger partial charge in [0.1, 0.15) is 28.3 Å². The van der Waals surface area contributed by atoms with E-state index in [1.54, 1.807) is 36.1 Å². The van der Waals surface area contributed by atoms with Crippen molar-refractivity contribution in [2.24, 2.45) is 0 Å². The van der Waals surface area contributed by atoms with Crippen LogP contribution in [0.25, 0.3) is 0 Å². The Morgan fingerprint density at radius 3 is 2.74 bits per heavy atom. The molecule has 2 aromatic rings. The number of piperidine rings is 1. The van der Waals surface area contributed by atoms with Crippen molar-refractivity contribution in [1.82, 2.24) is 9.88 Å². The van der Waals surface area contributed by atoms with Crippen LogP contribution in [-0.2, 0) is 16.1 Å². The molecule has 1 aliphatic rings. The van der Waals surface area contributed by atoms with Crippen molar-refractivity contribution < 1.29 is 19.1 Å². The largest absolute Gasteiger partial charge is 0.486 e. The predicted octanol–water partition coefficient (Wildman–Crippen LogP) is 3.85. The van der Waals surface area contributed by atoms with Crippen LogP contribution in [0.3, 0.4) is 0 Å². The molecule has 144 valence electrons. The average Bonchev–Trinajstić information content (AvgIpc) is 3.07. The number of hydrogen-bond donors (Lipinski definition) is 0. The fourth-order valence-electron chi connectivity index (χ4n) is 3.07. The molecule has 1 aromatic heterocycles. The van der Waals surface area contributed by atoms with E-state index < -0.39 is 6.04 Å². The fraction of sp³-hybridized carbons (Fsp3) is 0.421. The topological polar surface area (TPSA) is 68.7 Å². The molecule has 0 spiro atoms. The van der Waals surface area contributed by atoms with Gasteiger partial charge in [-0.1, -0.05) is 11.6 Å². The molecular formula is C19H21ClN2O4S. The number of halogens is 1. The molecule has 1 saturated heterocycles. The van der Waals surface area contributed by atoms with Gasteiger partial charge in [0.2, 0.25) is 0 Å². The lowest BCUT2D eigenvalue weighted by Crippen LogP contribution is -2.48. The lowest BCUT2D eigenvalue weighted by molar-refractivity contribution is -0.147. The van der Waals surface area contributed by atoms with Gasteiger partial charge in [-0.2, -0.15) is 0 Å². The van der Waals surface area contributed by atoms with Crippen LogP contribution in [0.5, 0.6) is 5.75 Å². The fourth-order valence-corrected chi connectivity index (χ4v) is 4.13. The van der Waals surface area contributed by atoms with Crippen LogP contribution in [0.1, 0.15) is 39.6 Å². The summed E-state index contributed by atoms with van der Waals surface area (Å²) in [6, 6.07) is 6.55. The monoisotopic (exact) mass is 408 g/mol. The second kappa shape index (κ2) is 8.71. The highest BCUT2D eigenvalue weighted by Crippen LogP contribution is 2.26. The summed E-state index contributed by atoms with van der Waals surface area (Å²) < 4.78 is 10.6. The number of ether oxygens (including phenoxy) is 2. The highest BCUT2D eigenvalue weighted by atomic mass is 35.5. The highest BCUT2D eigenvalue weighted by Gasteiger charge is 2.34. The zero-order valence-electron chi connectivity index (χ0n) is 15.2. The second-order valence-corrected chi connectivity index (χ2v) is 7.82. The number of rotatable bonds is 5. The van der Waals surface area contributed by atoms with Gasteiger partial charge in [0, 0.05) is 11.6 Å². The number of thiazole rings is 1. The maximum Gasteiger partial charge on any atom is 0.328 e. The van der Waals surface area contributed by atoms with Crippen LogP contribution in [0, 0.1) is 6.92 Å². The summed E-state index contributed by atoms with van der Waals surface area (Å²) in [7, 11) is 1.35. The number of aryl methyl sites for hydroxylation is 1. The van der Waals surface area contributed by atoms with Gasteiger partial charge < -0.3 is 14.4 Å². The standard InChI is InChI=1S/C19H21ClN2O4S/c1-12-17(18(23)22-10-4-3-5-15(22)19(24)25-2)27-16(21-12)11-26-14-8-6-13(20)7-9-14/h6-9,15H,3-5,10-11H2,1-2H3. The maximum absolute atomic E-state index is 13.0. The molecule has 1 aromatic carbocycles. The van der Waals surface area contributed by atoms with Gasteiger partial charge in [-0.25, -0.2) is 9.78 Å². The predicted molar refractivity (Wildman–Crippen MR) is 103 cm³/mol. The first-order valence-electron chi connectivity index (χ1n) is 8.73. The third kappa shape index (κ3) is 4.59. The van der Waals surface area contributed by atoms with Crippen molar-refractivity contribution in [1.29, 1.82) is 0 Å². The summed E-state index contributed by atoms with van der Waals surface area (Å²) in [5.74, 6) is 0.149. The minimum atomic E-state index is -0.522. The number of carbonyl (C=O) groups is 2. The van der Waals surface area contributed by atoms with Crippen LogP contribution >= 0.6 is 22.9 Å². The smallest absolute Gasteiger partial charge is 0.328 e. The number of aromatic nitrogens is 1. The lowest BCUT2D eigenvalue weighted by atomic mass is 10.0. The molecule has 1 atom stereocenters. The van der Waals surface area contributed by atoms with E-state index in [9.17, 15) is 9.59 Å². The van der Waals surface area contributed by atoms with Gasteiger partial charge in [0.05, 0.1) is 12.8 Å². The van der Waals surface area contributed by atoms with Gasteiger partial charge in [0.15, 0.2) is 0 Å². The van der Waals surface area contributed by atoms with Crippen LogP contribution in [0.15, 0.2) is 24.3 Å². The van der Waals surface area contributed by atoms with E-state index >= 15 is 0 Å². The van der Waals surface area contributed by atoms with Crippen molar-refractivity contribution >= 4 is 34.8 Å². The summed E-state index contributed by atoms with van der Waals surface area (Å²) in [4.78, 5) is 31.6. The number of carbonyl (C=O) groups excluding carboxylic acids is 2. The quantitative estimate of drug-likeness (QED) is 0.703. The number of amides is 1. The molecule has 1 fully saturated rings. The Morgan fingerprint density at radius 1 is 1.30 bits per heavy atom. The molecule has 1 amide bonds. The minimum Gasteiger partial charge on any atom is -0.486 e. The van der Waals surface area contributed by atoms with E-state index in [0.717, 1.165) is 12.8 Å². The molecule has 2 heterocycles. The molecule has 8 heteroatoms. The summed E-state index contributed by atoms with van der Waals surface area (Å²) in [6.07, 6.45) is 2.41.